The van der Waals surface area contributed by atoms with Gasteiger partial charge in [-0.1, -0.05) is 15.9 Å². The van der Waals surface area contributed by atoms with Crippen LogP contribution in [0, 0.1) is 0 Å². The Hall–Kier alpha value is -0.740. The van der Waals surface area contributed by atoms with Crippen molar-refractivity contribution in [2.75, 3.05) is 24.0 Å². The van der Waals surface area contributed by atoms with E-state index in [2.05, 4.69) is 43.8 Å². The predicted molar refractivity (Wildman–Crippen MR) is 83.7 cm³/mol. The number of aromatic nitrogens is 2. The van der Waals surface area contributed by atoms with Crippen molar-refractivity contribution in [2.45, 2.75) is 25.7 Å². The Morgan fingerprint density at radius 1 is 1.21 bits per heavy atom. The number of aryl methyl sites for hydroxylation is 1. The van der Waals surface area contributed by atoms with Gasteiger partial charge in [0.15, 0.2) is 0 Å². The first-order valence-electron chi connectivity index (χ1n) is 6.77. The summed E-state index contributed by atoms with van der Waals surface area (Å²) >= 11 is 9.44. The molecule has 5 heteroatoms. The number of hydrogen-bond acceptors (Lipinski definition) is 2. The van der Waals surface area contributed by atoms with Gasteiger partial charge in [0.25, 0.3) is 0 Å². The standard InChI is InChI=1S/C14H17BrClN3/c15-11-4-5-13-12(10-11)17-14(6-7-16)19(13)18-8-2-1-3-9-18/h4-5,10H,1-3,6-9H2. The van der Waals surface area contributed by atoms with Crippen molar-refractivity contribution in [2.24, 2.45) is 0 Å². The lowest BCUT2D eigenvalue weighted by molar-refractivity contribution is 0.476. The van der Waals surface area contributed by atoms with Crippen LogP contribution in [0.4, 0.5) is 0 Å². The summed E-state index contributed by atoms with van der Waals surface area (Å²) in [5, 5.41) is 2.41. The highest BCUT2D eigenvalue weighted by Crippen LogP contribution is 2.23. The lowest BCUT2D eigenvalue weighted by atomic mass is 10.2. The predicted octanol–water partition coefficient (Wildman–Crippen LogP) is 3.70. The third kappa shape index (κ3) is 2.61. The molecule has 1 aliphatic heterocycles. The molecule has 0 unspecified atom stereocenters. The van der Waals surface area contributed by atoms with Crippen LogP contribution in [0.3, 0.4) is 0 Å². The lowest BCUT2D eigenvalue weighted by Crippen LogP contribution is -2.40. The first-order valence-corrected chi connectivity index (χ1v) is 8.10. The van der Waals surface area contributed by atoms with Crippen molar-refractivity contribution in [3.8, 4) is 0 Å². The lowest BCUT2D eigenvalue weighted by Gasteiger charge is -2.31. The molecule has 0 amide bonds. The zero-order valence-electron chi connectivity index (χ0n) is 10.8. The van der Waals surface area contributed by atoms with E-state index in [4.69, 9.17) is 16.6 Å². The van der Waals surface area contributed by atoms with Crippen LogP contribution in [-0.2, 0) is 6.42 Å². The van der Waals surface area contributed by atoms with Gasteiger partial charge in [-0.25, -0.2) is 9.66 Å². The number of fused-ring (bicyclic) bond motifs is 1. The van der Waals surface area contributed by atoms with Crippen molar-refractivity contribution in [3.05, 3.63) is 28.5 Å². The number of nitrogens with zero attached hydrogens (tertiary/aromatic N) is 3. The first kappa shape index (κ1) is 13.3. The highest BCUT2D eigenvalue weighted by atomic mass is 79.9. The number of rotatable bonds is 3. The van der Waals surface area contributed by atoms with Gasteiger partial charge in [0, 0.05) is 29.9 Å². The molecule has 0 N–H and O–H groups in total. The summed E-state index contributed by atoms with van der Waals surface area (Å²) in [7, 11) is 0. The van der Waals surface area contributed by atoms with Crippen LogP contribution in [0.2, 0.25) is 0 Å². The van der Waals surface area contributed by atoms with Crippen LogP contribution in [0.25, 0.3) is 11.0 Å². The van der Waals surface area contributed by atoms with E-state index in [1.54, 1.807) is 0 Å². The summed E-state index contributed by atoms with van der Waals surface area (Å²) in [5.41, 5.74) is 2.23. The van der Waals surface area contributed by atoms with Gasteiger partial charge in [0.05, 0.1) is 11.0 Å². The molecule has 102 valence electrons. The van der Waals surface area contributed by atoms with Crippen molar-refractivity contribution in [3.63, 3.8) is 0 Å². The molecule has 0 bridgehead atoms. The van der Waals surface area contributed by atoms with E-state index in [1.807, 2.05) is 0 Å². The van der Waals surface area contributed by atoms with E-state index >= 15 is 0 Å². The number of piperidine rings is 1. The van der Waals surface area contributed by atoms with E-state index in [9.17, 15) is 0 Å². The fourth-order valence-electron chi connectivity index (χ4n) is 2.73. The highest BCUT2D eigenvalue weighted by Gasteiger charge is 2.18. The molecule has 1 aromatic carbocycles. The molecule has 19 heavy (non-hydrogen) atoms. The van der Waals surface area contributed by atoms with E-state index in [0.29, 0.717) is 5.88 Å². The Labute approximate surface area is 126 Å². The van der Waals surface area contributed by atoms with E-state index in [1.165, 1.54) is 24.8 Å². The molecule has 0 spiro atoms. The molecule has 1 saturated heterocycles. The fourth-order valence-corrected chi connectivity index (χ4v) is 3.25. The molecule has 3 nitrogen and oxygen atoms in total. The van der Waals surface area contributed by atoms with Gasteiger partial charge >= 0.3 is 0 Å². The Morgan fingerprint density at radius 2 is 2.00 bits per heavy atom. The number of imidazole rings is 1. The minimum atomic E-state index is 0.609. The minimum Gasteiger partial charge on any atom is -0.311 e. The average molecular weight is 343 g/mol. The van der Waals surface area contributed by atoms with Gasteiger partial charge in [-0.3, -0.25) is 0 Å². The molecular formula is C14H17BrClN3. The maximum absolute atomic E-state index is 5.92. The molecular weight excluding hydrogens is 326 g/mol. The SMILES string of the molecule is ClCCc1nc2cc(Br)ccc2n1N1CCCCC1. The highest BCUT2D eigenvalue weighted by molar-refractivity contribution is 9.10. The quantitative estimate of drug-likeness (QED) is 0.793. The van der Waals surface area contributed by atoms with Gasteiger partial charge in [0.2, 0.25) is 0 Å². The Morgan fingerprint density at radius 3 is 2.74 bits per heavy atom. The molecule has 2 aromatic rings. The third-order valence-corrected chi connectivity index (χ3v) is 4.28. The van der Waals surface area contributed by atoms with Crippen LogP contribution in [0.15, 0.2) is 22.7 Å². The first-order chi connectivity index (χ1) is 9.29. The van der Waals surface area contributed by atoms with Crippen molar-refractivity contribution in [1.29, 1.82) is 0 Å². The molecule has 2 heterocycles. The normalized spacial score (nSPS) is 16.2. The summed E-state index contributed by atoms with van der Waals surface area (Å²) in [4.78, 5) is 4.75. The molecule has 3 rings (SSSR count). The smallest absolute Gasteiger partial charge is 0.130 e. The minimum absolute atomic E-state index is 0.609. The van der Waals surface area contributed by atoms with Crippen molar-refractivity contribution < 1.29 is 0 Å². The topological polar surface area (TPSA) is 21.1 Å². The van der Waals surface area contributed by atoms with Crippen LogP contribution < -0.4 is 5.01 Å². The molecule has 0 aliphatic carbocycles. The summed E-state index contributed by atoms with van der Waals surface area (Å²) in [6, 6.07) is 6.29. The Kier molecular flexibility index (Phi) is 3.99. The summed E-state index contributed by atoms with van der Waals surface area (Å²) < 4.78 is 3.35. The summed E-state index contributed by atoms with van der Waals surface area (Å²) in [5.74, 6) is 1.68. The second kappa shape index (κ2) is 5.71. The van der Waals surface area contributed by atoms with Crippen LogP contribution in [-0.4, -0.2) is 28.6 Å². The molecule has 0 radical (unpaired) electrons. The van der Waals surface area contributed by atoms with Gasteiger partial charge < -0.3 is 5.01 Å². The second-order valence-corrected chi connectivity index (χ2v) is 6.22. The molecule has 0 atom stereocenters. The largest absolute Gasteiger partial charge is 0.311 e. The van der Waals surface area contributed by atoms with E-state index < -0.39 is 0 Å². The second-order valence-electron chi connectivity index (χ2n) is 4.93. The Balaban J connectivity index is 2.09. The number of alkyl halides is 1. The maximum Gasteiger partial charge on any atom is 0.130 e. The zero-order valence-corrected chi connectivity index (χ0v) is 13.1. The average Bonchev–Trinajstić information content (AvgIpc) is 2.77. The summed E-state index contributed by atoms with van der Waals surface area (Å²) in [6.07, 6.45) is 4.66. The van der Waals surface area contributed by atoms with Gasteiger partial charge in [0.1, 0.15) is 5.82 Å². The van der Waals surface area contributed by atoms with E-state index in [0.717, 1.165) is 35.3 Å². The molecule has 1 aliphatic rings. The molecule has 1 fully saturated rings. The van der Waals surface area contributed by atoms with Crippen molar-refractivity contribution >= 4 is 38.6 Å². The van der Waals surface area contributed by atoms with Gasteiger partial charge in [-0.2, -0.15) is 0 Å². The van der Waals surface area contributed by atoms with Crippen LogP contribution >= 0.6 is 27.5 Å². The maximum atomic E-state index is 5.92. The summed E-state index contributed by atoms with van der Waals surface area (Å²) in [6.45, 7) is 2.22. The van der Waals surface area contributed by atoms with Gasteiger partial charge in [-0.05, 0) is 37.5 Å². The van der Waals surface area contributed by atoms with Crippen LogP contribution in [0.1, 0.15) is 25.1 Å². The molecule has 0 saturated carbocycles. The third-order valence-electron chi connectivity index (χ3n) is 3.59. The Bertz CT molecular complexity index is 575. The zero-order chi connectivity index (χ0) is 13.2. The van der Waals surface area contributed by atoms with Crippen molar-refractivity contribution in [1.82, 2.24) is 9.66 Å². The van der Waals surface area contributed by atoms with E-state index in [-0.39, 0.29) is 0 Å². The number of benzene rings is 1. The number of halogens is 2. The molecule has 1 aromatic heterocycles. The van der Waals surface area contributed by atoms with Crippen LogP contribution in [0.5, 0.6) is 0 Å². The fraction of sp³-hybridized carbons (Fsp3) is 0.500. The van der Waals surface area contributed by atoms with Gasteiger partial charge in [-0.15, -0.1) is 11.6 Å². The number of hydrogen-bond donors (Lipinski definition) is 0. The monoisotopic (exact) mass is 341 g/mol.